The van der Waals surface area contributed by atoms with E-state index in [0.717, 1.165) is 0 Å². The lowest BCUT2D eigenvalue weighted by molar-refractivity contribution is -0.386. The molecule has 0 spiro atoms. The minimum atomic E-state index is -3.90. The third-order valence-electron chi connectivity index (χ3n) is 2.42. The van der Waals surface area contributed by atoms with Gasteiger partial charge in [0.1, 0.15) is 5.69 Å². The average molecular weight is 287 g/mol. The maximum atomic E-state index is 12.1. The highest BCUT2D eigenvalue weighted by atomic mass is 32.2. The second kappa shape index (κ2) is 5.98. The van der Waals surface area contributed by atoms with Crippen molar-refractivity contribution in [3.05, 3.63) is 28.3 Å². The molecule has 0 aliphatic carbocycles. The summed E-state index contributed by atoms with van der Waals surface area (Å²) in [6.07, 6.45) is 0. The van der Waals surface area contributed by atoms with Crippen LogP contribution in [0, 0.1) is 16.0 Å². The fourth-order valence-corrected chi connectivity index (χ4v) is 2.89. The molecule has 0 aliphatic heterocycles. The van der Waals surface area contributed by atoms with Crippen LogP contribution in [0.2, 0.25) is 0 Å². The predicted molar refractivity (Wildman–Crippen MR) is 72.7 cm³/mol. The standard InChI is InChI=1S/C11H17N3O4S/c1-8(2)7-13-19(17,18)10-6-4-5-9(12-3)11(10)14(15)16/h4-6,8,12-13H,7H2,1-3H3. The summed E-state index contributed by atoms with van der Waals surface area (Å²) in [5, 5.41) is 13.7. The smallest absolute Gasteiger partial charge is 0.312 e. The van der Waals surface area contributed by atoms with Crippen molar-refractivity contribution in [3.8, 4) is 0 Å². The number of anilines is 1. The van der Waals surface area contributed by atoms with E-state index in [-0.39, 0.29) is 23.0 Å². The number of benzene rings is 1. The summed E-state index contributed by atoms with van der Waals surface area (Å²) in [6, 6.07) is 4.14. The van der Waals surface area contributed by atoms with Crippen molar-refractivity contribution in [2.75, 3.05) is 18.9 Å². The van der Waals surface area contributed by atoms with Gasteiger partial charge in [-0.1, -0.05) is 19.9 Å². The van der Waals surface area contributed by atoms with Crippen LogP contribution >= 0.6 is 0 Å². The van der Waals surface area contributed by atoms with Gasteiger partial charge in [-0.3, -0.25) is 10.1 Å². The zero-order valence-corrected chi connectivity index (χ0v) is 11.8. The number of hydrogen-bond donors (Lipinski definition) is 2. The van der Waals surface area contributed by atoms with Crippen molar-refractivity contribution in [1.29, 1.82) is 0 Å². The Morgan fingerprint density at radius 3 is 2.47 bits per heavy atom. The first-order valence-electron chi connectivity index (χ1n) is 5.74. The van der Waals surface area contributed by atoms with Gasteiger partial charge in [0, 0.05) is 13.6 Å². The molecule has 0 unspecified atom stereocenters. The number of nitro groups is 1. The Balaban J connectivity index is 3.30. The first-order valence-corrected chi connectivity index (χ1v) is 7.22. The quantitative estimate of drug-likeness (QED) is 0.611. The minimum absolute atomic E-state index is 0.112. The normalized spacial score (nSPS) is 11.6. The van der Waals surface area contributed by atoms with Crippen molar-refractivity contribution >= 4 is 21.4 Å². The number of hydrogen-bond acceptors (Lipinski definition) is 5. The molecule has 0 atom stereocenters. The van der Waals surface area contributed by atoms with E-state index in [1.165, 1.54) is 25.2 Å². The summed E-state index contributed by atoms with van der Waals surface area (Å²) >= 11 is 0. The van der Waals surface area contributed by atoms with Crippen LogP contribution in [-0.4, -0.2) is 26.9 Å². The first-order chi connectivity index (χ1) is 8.79. The predicted octanol–water partition coefficient (Wildman–Crippen LogP) is 1.57. The van der Waals surface area contributed by atoms with Crippen LogP contribution in [0.3, 0.4) is 0 Å². The zero-order valence-electron chi connectivity index (χ0n) is 11.0. The van der Waals surface area contributed by atoms with E-state index < -0.39 is 20.6 Å². The Morgan fingerprint density at radius 2 is 2.00 bits per heavy atom. The Hall–Kier alpha value is -1.67. The molecule has 19 heavy (non-hydrogen) atoms. The van der Waals surface area contributed by atoms with Gasteiger partial charge < -0.3 is 5.32 Å². The number of nitro benzene ring substituents is 1. The van der Waals surface area contributed by atoms with Crippen LogP contribution in [0.25, 0.3) is 0 Å². The second-order valence-corrected chi connectivity index (χ2v) is 6.14. The van der Waals surface area contributed by atoms with Crippen molar-refractivity contribution < 1.29 is 13.3 Å². The number of sulfonamides is 1. The Bertz CT molecular complexity index is 569. The lowest BCUT2D eigenvalue weighted by Crippen LogP contribution is -2.28. The zero-order chi connectivity index (χ0) is 14.6. The van der Waals surface area contributed by atoms with Gasteiger partial charge in [0.05, 0.1) is 4.92 Å². The highest BCUT2D eigenvalue weighted by Gasteiger charge is 2.28. The van der Waals surface area contributed by atoms with Crippen molar-refractivity contribution in [3.63, 3.8) is 0 Å². The molecule has 0 aliphatic rings. The maximum absolute atomic E-state index is 12.1. The molecule has 0 radical (unpaired) electrons. The fraction of sp³-hybridized carbons (Fsp3) is 0.455. The van der Waals surface area contributed by atoms with E-state index in [0.29, 0.717) is 0 Å². The van der Waals surface area contributed by atoms with Crippen molar-refractivity contribution in [2.45, 2.75) is 18.7 Å². The van der Waals surface area contributed by atoms with Gasteiger partial charge in [0.2, 0.25) is 10.0 Å². The molecule has 0 saturated carbocycles. The van der Waals surface area contributed by atoms with Crippen LogP contribution < -0.4 is 10.0 Å². The van der Waals surface area contributed by atoms with Crippen LogP contribution in [0.5, 0.6) is 0 Å². The SMILES string of the molecule is CNc1cccc(S(=O)(=O)NCC(C)C)c1[N+](=O)[O-]. The van der Waals surface area contributed by atoms with Crippen molar-refractivity contribution in [2.24, 2.45) is 5.92 Å². The van der Waals surface area contributed by atoms with Crippen LogP contribution in [-0.2, 0) is 10.0 Å². The van der Waals surface area contributed by atoms with Gasteiger partial charge in [-0.15, -0.1) is 0 Å². The lowest BCUT2D eigenvalue weighted by atomic mass is 10.2. The van der Waals surface area contributed by atoms with Gasteiger partial charge in [-0.2, -0.15) is 0 Å². The molecule has 106 valence electrons. The Labute approximate surface area is 112 Å². The molecule has 0 bridgehead atoms. The highest BCUT2D eigenvalue weighted by molar-refractivity contribution is 7.89. The van der Waals surface area contributed by atoms with Gasteiger partial charge in [-0.05, 0) is 18.1 Å². The monoisotopic (exact) mass is 287 g/mol. The summed E-state index contributed by atoms with van der Waals surface area (Å²) in [5.74, 6) is 0.112. The van der Waals surface area contributed by atoms with E-state index >= 15 is 0 Å². The number of nitrogens with one attached hydrogen (secondary N) is 2. The largest absolute Gasteiger partial charge is 0.383 e. The van der Waals surface area contributed by atoms with Gasteiger partial charge in [0.15, 0.2) is 4.90 Å². The third-order valence-corrected chi connectivity index (χ3v) is 3.88. The fourth-order valence-electron chi connectivity index (χ4n) is 1.48. The summed E-state index contributed by atoms with van der Waals surface area (Å²) < 4.78 is 26.5. The minimum Gasteiger partial charge on any atom is -0.383 e. The summed E-state index contributed by atoms with van der Waals surface area (Å²) in [5.41, 5.74) is -0.279. The number of nitrogens with zero attached hydrogens (tertiary/aromatic N) is 1. The molecule has 0 aromatic heterocycles. The Morgan fingerprint density at radius 1 is 1.37 bits per heavy atom. The molecule has 8 heteroatoms. The average Bonchev–Trinajstić information content (AvgIpc) is 2.35. The van der Waals surface area contributed by atoms with Gasteiger partial charge in [-0.25, -0.2) is 13.1 Å². The molecule has 2 N–H and O–H groups in total. The van der Waals surface area contributed by atoms with E-state index in [1.807, 2.05) is 13.8 Å². The van der Waals surface area contributed by atoms with Crippen LogP contribution in [0.1, 0.15) is 13.8 Å². The van der Waals surface area contributed by atoms with E-state index in [2.05, 4.69) is 10.0 Å². The topological polar surface area (TPSA) is 101 Å². The maximum Gasteiger partial charge on any atom is 0.312 e. The molecular weight excluding hydrogens is 270 g/mol. The molecule has 1 aromatic rings. The Kier molecular flexibility index (Phi) is 4.84. The molecule has 1 rings (SSSR count). The molecule has 0 amide bonds. The molecule has 0 fully saturated rings. The van der Waals surface area contributed by atoms with Crippen LogP contribution in [0.15, 0.2) is 23.1 Å². The molecule has 0 saturated heterocycles. The number of para-hydroxylation sites is 1. The van der Waals surface area contributed by atoms with Crippen LogP contribution in [0.4, 0.5) is 11.4 Å². The molecule has 0 heterocycles. The van der Waals surface area contributed by atoms with Gasteiger partial charge >= 0.3 is 5.69 Å². The molecule has 7 nitrogen and oxygen atoms in total. The summed E-state index contributed by atoms with van der Waals surface area (Å²) in [4.78, 5) is 10.0. The highest BCUT2D eigenvalue weighted by Crippen LogP contribution is 2.31. The second-order valence-electron chi connectivity index (χ2n) is 4.41. The van der Waals surface area contributed by atoms with E-state index in [4.69, 9.17) is 0 Å². The van der Waals surface area contributed by atoms with Crippen molar-refractivity contribution in [1.82, 2.24) is 4.72 Å². The first kappa shape index (κ1) is 15.4. The summed E-state index contributed by atoms with van der Waals surface area (Å²) in [6.45, 7) is 3.92. The molecular formula is C11H17N3O4S. The third kappa shape index (κ3) is 3.65. The van der Waals surface area contributed by atoms with E-state index in [9.17, 15) is 18.5 Å². The summed E-state index contributed by atoms with van der Waals surface area (Å²) in [7, 11) is -2.40. The number of rotatable bonds is 6. The lowest BCUT2D eigenvalue weighted by Gasteiger charge is -2.10. The molecule has 1 aromatic carbocycles. The van der Waals surface area contributed by atoms with Gasteiger partial charge in [0.25, 0.3) is 0 Å². The van der Waals surface area contributed by atoms with E-state index in [1.54, 1.807) is 0 Å².